The van der Waals surface area contributed by atoms with E-state index in [1.165, 1.54) is 36.4 Å². The zero-order valence-electron chi connectivity index (χ0n) is 28.4. The number of nitrogens with zero attached hydrogens (tertiary/aromatic N) is 6. The molecule has 0 atom stereocenters. The Morgan fingerprint density at radius 2 is 0.759 bits per heavy atom. The van der Waals surface area contributed by atoms with E-state index in [0.717, 1.165) is 12.1 Å². The van der Waals surface area contributed by atoms with Crippen LogP contribution in [0.1, 0.15) is 11.1 Å². The van der Waals surface area contributed by atoms with E-state index in [9.17, 15) is 25.9 Å². The van der Waals surface area contributed by atoms with Crippen LogP contribution in [0.5, 0.6) is 0 Å². The van der Waals surface area contributed by atoms with Crippen LogP contribution in [0.25, 0.3) is 12.2 Å². The minimum atomic E-state index is -4.81. The van der Waals surface area contributed by atoms with E-state index in [1.807, 2.05) is 36.4 Å². The molecule has 0 spiro atoms. The number of H-pyrrole nitrogens is 6. The highest BCUT2D eigenvalue weighted by molar-refractivity contribution is 7.86. The maximum atomic E-state index is 12.5. The first-order valence-corrected chi connectivity index (χ1v) is 18.7. The highest BCUT2D eigenvalue weighted by Gasteiger charge is 2.17. The number of hydrogen-bond acceptors (Lipinski definition) is 10. The van der Waals surface area contributed by atoms with Gasteiger partial charge in [-0.05, 0) is 59.7 Å². The summed E-state index contributed by atoms with van der Waals surface area (Å²) < 4.78 is 70.3. The standard InChI is InChI=1S/C34H32N12O6S2/c1-35-29-41-31(37-23-9-5-3-6-10-23)45-33(43-29)39-25-17-15-21(27(19-25)53(47,48)49)13-14-22-16-18-26(20-28(22)54(50,51)52)40-34-44-30(36-2)42-32(46-34)38-24-11-7-4-8-12-24/h3-20H,1-2H3,(H,47,48,49)(H,50,51,52)(H3,35,37,39,41,43,45)(H3,36,38,40,42,44,46)/b14-13+. The molecule has 276 valence electrons. The number of rotatable bonds is 8. The molecule has 6 rings (SSSR count). The van der Waals surface area contributed by atoms with Crippen LogP contribution in [0.15, 0.2) is 137 Å². The van der Waals surface area contributed by atoms with Crippen LogP contribution >= 0.6 is 0 Å². The van der Waals surface area contributed by atoms with Crippen LogP contribution in [-0.4, -0.2) is 69.9 Å². The van der Waals surface area contributed by atoms with Gasteiger partial charge in [0, 0.05) is 14.1 Å². The molecular formula is C34H32N12O6S2. The molecule has 20 heteroatoms. The van der Waals surface area contributed by atoms with E-state index in [1.54, 1.807) is 38.4 Å². The summed E-state index contributed by atoms with van der Waals surface area (Å²) in [6.07, 6.45) is 2.55. The molecule has 0 aliphatic carbocycles. The van der Waals surface area contributed by atoms with E-state index in [2.05, 4.69) is 59.9 Å². The second kappa shape index (κ2) is 15.9. The maximum Gasteiger partial charge on any atom is 0.295 e. The molecule has 4 aromatic carbocycles. The lowest BCUT2D eigenvalue weighted by Crippen LogP contribution is -2.36. The van der Waals surface area contributed by atoms with E-state index in [-0.39, 0.29) is 33.7 Å². The second-order valence-electron chi connectivity index (χ2n) is 11.1. The molecule has 0 bridgehead atoms. The van der Waals surface area contributed by atoms with Crippen LogP contribution in [0.2, 0.25) is 0 Å². The Bertz CT molecular complexity index is 2820. The predicted molar refractivity (Wildman–Crippen MR) is 197 cm³/mol. The van der Waals surface area contributed by atoms with Crippen LogP contribution in [0, 0.1) is 0 Å². The van der Waals surface area contributed by atoms with E-state index < -0.39 is 30.0 Å². The maximum absolute atomic E-state index is 12.5. The fraction of sp³-hybridized carbons (Fsp3) is 0.0588. The first kappa shape index (κ1) is 37.0. The van der Waals surface area contributed by atoms with Crippen molar-refractivity contribution in [1.29, 1.82) is 0 Å². The Hall–Kier alpha value is -6.74. The Balaban J connectivity index is 1.38. The zero-order chi connectivity index (χ0) is 38.3. The van der Waals surface area contributed by atoms with Crippen molar-refractivity contribution in [2.45, 2.75) is 9.79 Å². The first-order chi connectivity index (χ1) is 25.9. The predicted octanol–water partition coefficient (Wildman–Crippen LogP) is 2.31. The number of para-hydroxylation sites is 2. The molecular weight excluding hydrogens is 737 g/mol. The van der Waals surface area contributed by atoms with Gasteiger partial charge in [0.1, 0.15) is 9.79 Å². The van der Waals surface area contributed by atoms with E-state index in [0.29, 0.717) is 33.8 Å². The largest absolute Gasteiger partial charge is 0.296 e. The minimum absolute atomic E-state index is 0.000135. The first-order valence-electron chi connectivity index (χ1n) is 15.8. The fourth-order valence-electron chi connectivity index (χ4n) is 4.92. The topological polar surface area (TPSA) is 278 Å². The molecule has 54 heavy (non-hydrogen) atoms. The fourth-order valence-corrected chi connectivity index (χ4v) is 6.32. The molecule has 0 saturated heterocycles. The molecule has 2 aromatic heterocycles. The summed E-state index contributed by atoms with van der Waals surface area (Å²) in [5, 5.41) is 0. The van der Waals surface area contributed by atoms with Crippen molar-refractivity contribution in [1.82, 2.24) is 29.9 Å². The van der Waals surface area contributed by atoms with Crippen molar-refractivity contribution in [2.24, 2.45) is 30.0 Å². The molecule has 0 unspecified atom stereocenters. The molecule has 0 amide bonds. The van der Waals surface area contributed by atoms with E-state index in [4.69, 9.17) is 0 Å². The summed E-state index contributed by atoms with van der Waals surface area (Å²) in [7, 11) is -6.52. The molecule has 0 saturated carbocycles. The molecule has 18 nitrogen and oxygen atoms in total. The van der Waals surface area contributed by atoms with Gasteiger partial charge in [-0.3, -0.25) is 49.0 Å². The number of aromatic amines is 6. The van der Waals surface area contributed by atoms with E-state index >= 15 is 0 Å². The summed E-state index contributed by atoms with van der Waals surface area (Å²) in [5.74, 6) is 0. The number of benzene rings is 4. The highest BCUT2D eigenvalue weighted by atomic mass is 32.2. The minimum Gasteiger partial charge on any atom is -0.296 e. The molecule has 0 fully saturated rings. The number of aromatic nitrogens is 6. The number of nitrogens with one attached hydrogen (secondary N) is 6. The SMILES string of the molecule is CN=c1[nH]c(=Nc2ccccc2)[nH]c(=Nc2ccc(/C=C/c3ccc(N=c4[nH]c(=NC)[nH]c(=Nc5ccccc5)[nH]4)cc3S(=O)(=O)O)c(S(=O)(=O)O)c2)[nH]1. The van der Waals surface area contributed by atoms with Crippen LogP contribution in [-0.2, 0) is 20.2 Å². The molecule has 0 aliphatic rings. The Kier molecular flexibility index (Phi) is 10.9. The highest BCUT2D eigenvalue weighted by Crippen LogP contribution is 2.27. The van der Waals surface area contributed by atoms with Gasteiger partial charge in [-0.15, -0.1) is 0 Å². The summed E-state index contributed by atoms with van der Waals surface area (Å²) in [4.78, 5) is 42.6. The van der Waals surface area contributed by atoms with Gasteiger partial charge in [-0.2, -0.15) is 16.8 Å². The quantitative estimate of drug-likeness (QED) is 0.0849. The average Bonchev–Trinajstić information content (AvgIpc) is 3.14. The van der Waals surface area contributed by atoms with Crippen LogP contribution in [0.3, 0.4) is 0 Å². The van der Waals surface area contributed by atoms with Crippen molar-refractivity contribution < 1.29 is 25.9 Å². The summed E-state index contributed by atoms with van der Waals surface area (Å²) in [5.41, 5.74) is 3.08. The van der Waals surface area contributed by atoms with Gasteiger partial charge >= 0.3 is 0 Å². The lowest BCUT2D eigenvalue weighted by Gasteiger charge is -2.07. The van der Waals surface area contributed by atoms with Crippen molar-refractivity contribution in [2.75, 3.05) is 14.1 Å². The Morgan fingerprint density at radius 3 is 1.07 bits per heavy atom. The molecule has 8 N–H and O–H groups in total. The lowest BCUT2D eigenvalue weighted by atomic mass is 10.1. The van der Waals surface area contributed by atoms with Crippen molar-refractivity contribution in [3.05, 3.63) is 142 Å². The van der Waals surface area contributed by atoms with Gasteiger partial charge < -0.3 is 0 Å². The van der Waals surface area contributed by atoms with Gasteiger partial charge in [0.25, 0.3) is 20.2 Å². The van der Waals surface area contributed by atoms with Crippen molar-refractivity contribution in [3.63, 3.8) is 0 Å². The average molecular weight is 769 g/mol. The van der Waals surface area contributed by atoms with Crippen LogP contribution < -0.4 is 33.7 Å². The second-order valence-corrected chi connectivity index (χ2v) is 13.9. The third-order valence-corrected chi connectivity index (χ3v) is 9.16. The summed E-state index contributed by atoms with van der Waals surface area (Å²) in [6, 6.07) is 26.2. The van der Waals surface area contributed by atoms with Gasteiger partial charge in [0.2, 0.25) is 33.7 Å². The van der Waals surface area contributed by atoms with Crippen molar-refractivity contribution in [3.8, 4) is 0 Å². The Labute approximate surface area is 305 Å². The summed E-state index contributed by atoms with van der Waals surface area (Å²) >= 11 is 0. The molecule has 6 aromatic rings. The zero-order valence-corrected chi connectivity index (χ0v) is 30.1. The van der Waals surface area contributed by atoms with Gasteiger partial charge in [0.05, 0.1) is 22.7 Å². The number of hydrogen-bond donors (Lipinski definition) is 8. The monoisotopic (exact) mass is 768 g/mol. The van der Waals surface area contributed by atoms with Gasteiger partial charge in [0.15, 0.2) is 0 Å². The lowest BCUT2D eigenvalue weighted by molar-refractivity contribution is 0.480. The third kappa shape index (κ3) is 9.57. The normalized spacial score (nSPS) is 14.4. The van der Waals surface area contributed by atoms with Gasteiger partial charge in [-0.1, -0.05) is 60.7 Å². The third-order valence-electron chi connectivity index (χ3n) is 7.34. The molecule has 2 heterocycles. The van der Waals surface area contributed by atoms with Gasteiger partial charge in [-0.25, -0.2) is 20.0 Å². The molecule has 0 aliphatic heterocycles. The molecule has 0 radical (unpaired) electrons. The van der Waals surface area contributed by atoms with Crippen LogP contribution in [0.4, 0.5) is 22.7 Å². The summed E-state index contributed by atoms with van der Waals surface area (Å²) in [6.45, 7) is 0. The smallest absolute Gasteiger partial charge is 0.295 e. The van der Waals surface area contributed by atoms with Crippen molar-refractivity contribution >= 4 is 55.1 Å². The Morgan fingerprint density at radius 1 is 0.444 bits per heavy atom.